The summed E-state index contributed by atoms with van der Waals surface area (Å²) in [5, 5.41) is 2.82. The number of carbonyl (C=O) groups excluding carboxylic acids is 1. The van der Waals surface area contributed by atoms with Crippen LogP contribution in [-0.4, -0.2) is 20.3 Å². The third-order valence-electron chi connectivity index (χ3n) is 5.31. The first kappa shape index (κ1) is 21.4. The van der Waals surface area contributed by atoms with Gasteiger partial charge >= 0.3 is 6.18 Å². The zero-order chi connectivity index (χ0) is 23.1. The molecule has 32 heavy (non-hydrogen) atoms. The first-order valence-corrected chi connectivity index (χ1v) is 9.74. The highest BCUT2D eigenvalue weighted by Crippen LogP contribution is 2.35. The molecule has 0 aliphatic heterocycles. The van der Waals surface area contributed by atoms with Crippen molar-refractivity contribution in [1.82, 2.24) is 14.4 Å². The summed E-state index contributed by atoms with van der Waals surface area (Å²) >= 11 is 0. The van der Waals surface area contributed by atoms with E-state index >= 15 is 0 Å². The quantitative estimate of drug-likeness (QED) is 0.473. The van der Waals surface area contributed by atoms with Crippen LogP contribution in [0.2, 0.25) is 0 Å². The molecule has 0 saturated carbocycles. The molecule has 1 amide bonds. The number of halogens is 3. The maximum Gasteiger partial charge on any atom is 0.419 e. The lowest BCUT2D eigenvalue weighted by atomic mass is 9.84. The van der Waals surface area contributed by atoms with Crippen LogP contribution in [0.3, 0.4) is 0 Å². The van der Waals surface area contributed by atoms with E-state index in [1.807, 2.05) is 44.2 Å². The van der Waals surface area contributed by atoms with Gasteiger partial charge in [-0.15, -0.1) is 0 Å². The predicted octanol–water partition coefficient (Wildman–Crippen LogP) is 4.91. The van der Waals surface area contributed by atoms with Crippen molar-refractivity contribution in [2.45, 2.75) is 25.4 Å². The van der Waals surface area contributed by atoms with Gasteiger partial charge in [0.05, 0.1) is 17.2 Å². The number of hydrogen-bond donors (Lipinski definition) is 2. The van der Waals surface area contributed by atoms with Crippen LogP contribution in [0.5, 0.6) is 0 Å². The van der Waals surface area contributed by atoms with E-state index < -0.39 is 23.0 Å². The molecule has 6 nitrogen and oxygen atoms in total. The van der Waals surface area contributed by atoms with Crippen LogP contribution in [0.1, 0.15) is 25.0 Å². The number of carbonyl (C=O) groups is 1. The van der Waals surface area contributed by atoms with Crippen LogP contribution in [-0.2, 0) is 16.4 Å². The number of anilines is 2. The second kappa shape index (κ2) is 7.67. The van der Waals surface area contributed by atoms with Crippen LogP contribution in [0.25, 0.3) is 16.8 Å². The minimum Gasteiger partial charge on any atom is -0.383 e. The van der Waals surface area contributed by atoms with Crippen molar-refractivity contribution in [3.05, 3.63) is 78.2 Å². The zero-order valence-electron chi connectivity index (χ0n) is 17.3. The minimum atomic E-state index is -4.60. The lowest BCUT2D eigenvalue weighted by Gasteiger charge is -2.23. The van der Waals surface area contributed by atoms with E-state index in [1.54, 1.807) is 28.9 Å². The molecule has 0 bridgehead atoms. The molecule has 9 heteroatoms. The van der Waals surface area contributed by atoms with Gasteiger partial charge < -0.3 is 15.5 Å². The van der Waals surface area contributed by atoms with Gasteiger partial charge in [-0.05, 0) is 37.6 Å². The molecule has 164 valence electrons. The number of imidazole rings is 1. The van der Waals surface area contributed by atoms with E-state index in [0.717, 1.165) is 11.6 Å². The van der Waals surface area contributed by atoms with Crippen molar-refractivity contribution in [1.29, 1.82) is 0 Å². The SMILES string of the molecule is CC(C)(C(=O)Nc1cn2cc(-c3cnc(N)c(C(F)(F)F)c3)ccc2n1)c1ccccc1. The number of fused-ring (bicyclic) bond motifs is 1. The maximum absolute atomic E-state index is 13.2. The Hall–Kier alpha value is -3.88. The van der Waals surface area contributed by atoms with Gasteiger partial charge in [0.25, 0.3) is 0 Å². The Balaban J connectivity index is 1.62. The Bertz CT molecular complexity index is 1300. The average molecular weight is 439 g/mol. The van der Waals surface area contributed by atoms with Crippen LogP contribution >= 0.6 is 0 Å². The second-order valence-corrected chi connectivity index (χ2v) is 7.91. The topological polar surface area (TPSA) is 85.3 Å². The van der Waals surface area contributed by atoms with Crippen molar-refractivity contribution < 1.29 is 18.0 Å². The number of pyridine rings is 2. The van der Waals surface area contributed by atoms with Gasteiger partial charge in [-0.25, -0.2) is 9.97 Å². The van der Waals surface area contributed by atoms with Gasteiger partial charge in [0, 0.05) is 23.5 Å². The van der Waals surface area contributed by atoms with Gasteiger partial charge in [-0.1, -0.05) is 30.3 Å². The van der Waals surface area contributed by atoms with Gasteiger partial charge in [0.15, 0.2) is 5.82 Å². The summed E-state index contributed by atoms with van der Waals surface area (Å²) in [5.41, 5.74) is 5.76. The van der Waals surface area contributed by atoms with Crippen molar-refractivity contribution in [2.24, 2.45) is 0 Å². The number of rotatable bonds is 4. The fraction of sp³-hybridized carbons (Fsp3) is 0.174. The summed E-state index contributed by atoms with van der Waals surface area (Å²) in [6.45, 7) is 3.63. The molecular formula is C23H20F3N5O. The highest BCUT2D eigenvalue weighted by atomic mass is 19.4. The molecule has 0 unspecified atom stereocenters. The van der Waals surface area contributed by atoms with E-state index in [-0.39, 0.29) is 11.5 Å². The molecular weight excluding hydrogens is 419 g/mol. The molecule has 0 atom stereocenters. The second-order valence-electron chi connectivity index (χ2n) is 7.91. The number of aromatic nitrogens is 3. The molecule has 0 aliphatic rings. The fourth-order valence-electron chi connectivity index (χ4n) is 3.34. The van der Waals surface area contributed by atoms with Gasteiger partial charge in [-0.2, -0.15) is 13.2 Å². The molecule has 1 aromatic carbocycles. The molecule has 0 fully saturated rings. The van der Waals surface area contributed by atoms with Crippen molar-refractivity contribution in [3.63, 3.8) is 0 Å². The van der Waals surface area contributed by atoms with Crippen LogP contribution in [0, 0.1) is 0 Å². The summed E-state index contributed by atoms with van der Waals surface area (Å²) in [5.74, 6) is -0.469. The number of nitrogens with zero attached hydrogens (tertiary/aromatic N) is 3. The van der Waals surface area contributed by atoms with Crippen molar-refractivity contribution in [2.75, 3.05) is 11.1 Å². The van der Waals surface area contributed by atoms with E-state index in [2.05, 4.69) is 15.3 Å². The first-order chi connectivity index (χ1) is 15.1. The monoisotopic (exact) mass is 439 g/mol. The molecule has 4 aromatic rings. The molecule has 0 spiro atoms. The summed E-state index contributed by atoms with van der Waals surface area (Å²) in [6.07, 6.45) is -0.0934. The Labute approximate surface area is 181 Å². The van der Waals surface area contributed by atoms with Crippen molar-refractivity contribution >= 4 is 23.2 Å². The Morgan fingerprint density at radius 2 is 1.75 bits per heavy atom. The van der Waals surface area contributed by atoms with E-state index in [4.69, 9.17) is 5.73 Å². The summed E-state index contributed by atoms with van der Waals surface area (Å²) in [4.78, 5) is 20.9. The number of benzene rings is 1. The van der Waals surface area contributed by atoms with Gasteiger partial charge in [-0.3, -0.25) is 4.79 Å². The van der Waals surface area contributed by atoms with Crippen molar-refractivity contribution in [3.8, 4) is 11.1 Å². The highest BCUT2D eigenvalue weighted by Gasteiger charge is 2.34. The third-order valence-corrected chi connectivity index (χ3v) is 5.31. The Morgan fingerprint density at radius 3 is 2.44 bits per heavy atom. The summed E-state index contributed by atoms with van der Waals surface area (Å²) < 4.78 is 41.1. The lowest BCUT2D eigenvalue weighted by molar-refractivity contribution is -0.137. The average Bonchev–Trinajstić information content (AvgIpc) is 3.15. The largest absolute Gasteiger partial charge is 0.419 e. The molecule has 3 heterocycles. The lowest BCUT2D eigenvalue weighted by Crippen LogP contribution is -2.34. The number of alkyl halides is 3. The molecule has 3 N–H and O–H groups in total. The van der Waals surface area contributed by atoms with Gasteiger partial charge in [0.1, 0.15) is 11.5 Å². The number of nitrogens with two attached hydrogens (primary N) is 1. The van der Waals surface area contributed by atoms with Crippen LogP contribution in [0.15, 0.2) is 67.1 Å². The number of nitrogen functional groups attached to an aromatic ring is 1. The number of amides is 1. The molecule has 4 rings (SSSR count). The van der Waals surface area contributed by atoms with E-state index in [1.165, 1.54) is 6.20 Å². The summed E-state index contributed by atoms with van der Waals surface area (Å²) in [6, 6.07) is 13.6. The molecule has 0 saturated heterocycles. The molecule has 3 aromatic heterocycles. The highest BCUT2D eigenvalue weighted by molar-refractivity contribution is 5.98. The van der Waals surface area contributed by atoms with Gasteiger partial charge in [0.2, 0.25) is 5.91 Å². The Morgan fingerprint density at radius 1 is 1.03 bits per heavy atom. The molecule has 0 radical (unpaired) electrons. The predicted molar refractivity (Wildman–Crippen MR) is 116 cm³/mol. The first-order valence-electron chi connectivity index (χ1n) is 9.74. The number of nitrogens with one attached hydrogen (secondary N) is 1. The smallest absolute Gasteiger partial charge is 0.383 e. The van der Waals surface area contributed by atoms with Crippen LogP contribution < -0.4 is 11.1 Å². The van der Waals surface area contributed by atoms with E-state index in [0.29, 0.717) is 17.0 Å². The zero-order valence-corrected chi connectivity index (χ0v) is 17.3. The normalized spacial score (nSPS) is 12.2. The minimum absolute atomic E-state index is 0.232. The fourth-order valence-corrected chi connectivity index (χ4v) is 3.34. The molecule has 0 aliphatic carbocycles. The Kier molecular flexibility index (Phi) is 5.12. The third kappa shape index (κ3) is 4.01. The maximum atomic E-state index is 13.2. The summed E-state index contributed by atoms with van der Waals surface area (Å²) in [7, 11) is 0. The number of hydrogen-bond acceptors (Lipinski definition) is 4. The van der Waals surface area contributed by atoms with E-state index in [9.17, 15) is 18.0 Å². The standard InChI is InChI=1S/C23H20F3N5O/c1-22(2,16-6-4-3-5-7-16)21(32)30-18-13-31-12-14(8-9-19(31)29-18)15-10-17(23(24,25)26)20(27)28-11-15/h3-13H,1-2H3,(H2,27,28)(H,30,32). The van der Waals surface area contributed by atoms with Crippen LogP contribution in [0.4, 0.5) is 24.8 Å².